The molecule has 5 N–H and O–H groups in total. The number of methoxy groups -OCH3 is 1. The zero-order valence-electron chi connectivity index (χ0n) is 19.4. The summed E-state index contributed by atoms with van der Waals surface area (Å²) in [6, 6.07) is 2.75. The van der Waals surface area contributed by atoms with Crippen molar-refractivity contribution in [1.82, 2.24) is 0 Å². The number of benzene rings is 1. The number of anilines is 1. The molecule has 1 aromatic carbocycles. The lowest BCUT2D eigenvalue weighted by Crippen LogP contribution is -2.30. The number of aliphatic hydroxyl groups is 2. The van der Waals surface area contributed by atoms with E-state index in [9.17, 15) is 25.2 Å². The minimum atomic E-state index is -0.806. The van der Waals surface area contributed by atoms with Crippen LogP contribution in [-0.4, -0.2) is 51.8 Å². The summed E-state index contributed by atoms with van der Waals surface area (Å²) in [5, 5.41) is 44.3. The maximum Gasteiger partial charge on any atom is 0.227 e. The summed E-state index contributed by atoms with van der Waals surface area (Å²) < 4.78 is 5.33. The number of hydrogen-bond acceptors (Lipinski definition) is 6. The van der Waals surface area contributed by atoms with Gasteiger partial charge < -0.3 is 30.5 Å². The Bertz CT molecular complexity index is 918. The minimum Gasteiger partial charge on any atom is -0.508 e. The van der Waals surface area contributed by atoms with E-state index in [1.165, 1.54) is 19.2 Å². The molecule has 4 atom stereocenters. The molecule has 1 heterocycles. The summed E-state index contributed by atoms with van der Waals surface area (Å²) in [6.45, 7) is 3.60. The lowest BCUT2D eigenvalue weighted by molar-refractivity contribution is -0.117. The van der Waals surface area contributed by atoms with Gasteiger partial charge in [0.25, 0.3) is 0 Å². The molecular formula is C26H35NO6. The number of phenols is 2. The van der Waals surface area contributed by atoms with Crippen LogP contribution in [0, 0.1) is 5.92 Å². The van der Waals surface area contributed by atoms with Gasteiger partial charge in [-0.15, -0.1) is 0 Å². The summed E-state index contributed by atoms with van der Waals surface area (Å²) in [4.78, 5) is 12.5. The van der Waals surface area contributed by atoms with Crippen molar-refractivity contribution in [2.75, 3.05) is 12.4 Å². The van der Waals surface area contributed by atoms with Gasteiger partial charge in [-0.05, 0) is 43.4 Å². The van der Waals surface area contributed by atoms with Gasteiger partial charge in [-0.1, -0.05) is 49.5 Å². The van der Waals surface area contributed by atoms with Crippen molar-refractivity contribution in [2.24, 2.45) is 5.92 Å². The van der Waals surface area contributed by atoms with Gasteiger partial charge in [-0.25, -0.2) is 0 Å². The van der Waals surface area contributed by atoms with E-state index >= 15 is 0 Å². The van der Waals surface area contributed by atoms with Crippen molar-refractivity contribution in [3.8, 4) is 11.5 Å². The molecule has 180 valence electrons. The zero-order chi connectivity index (χ0) is 24.4. The van der Waals surface area contributed by atoms with E-state index in [0.717, 1.165) is 5.57 Å². The standard InChI is InChI=1S/C26H35NO6/c1-17-10-9-11-19-14-20(28)15-22(26(19)32)27-24(30)16-21(33-3)12-7-5-4-6-8-13-23(29)18(2)25(17)31/h4-8,10,12,14-15,18,21,23,25,28-29,31-32H,9,11,13,16H2,1-3H3,(H,27,30)/b5-4+,8-6+,12-7?,17-10-/t18-,21-,23-,25-/m0/s1. The number of aromatic hydroxyl groups is 2. The maximum atomic E-state index is 12.5. The molecule has 1 aromatic rings. The lowest BCUT2D eigenvalue weighted by Gasteiger charge is -2.24. The van der Waals surface area contributed by atoms with Gasteiger partial charge >= 0.3 is 0 Å². The molecule has 7 heteroatoms. The van der Waals surface area contributed by atoms with Crippen LogP contribution < -0.4 is 5.32 Å². The Kier molecular flexibility index (Phi) is 10.4. The Labute approximate surface area is 195 Å². The van der Waals surface area contributed by atoms with Gasteiger partial charge in [0.1, 0.15) is 11.5 Å². The number of ether oxygens (including phenoxy) is 1. The molecule has 1 amide bonds. The van der Waals surface area contributed by atoms with Gasteiger partial charge in [0, 0.05) is 19.1 Å². The number of carbonyl (C=O) groups is 1. The van der Waals surface area contributed by atoms with E-state index in [1.807, 2.05) is 18.2 Å². The third-order valence-electron chi connectivity index (χ3n) is 5.76. The van der Waals surface area contributed by atoms with E-state index in [0.29, 0.717) is 24.8 Å². The van der Waals surface area contributed by atoms with Crippen molar-refractivity contribution < 1.29 is 30.0 Å². The normalized spacial score (nSPS) is 29.2. The van der Waals surface area contributed by atoms with Crippen molar-refractivity contribution in [2.45, 2.75) is 57.8 Å². The minimum absolute atomic E-state index is 0.0327. The summed E-state index contributed by atoms with van der Waals surface area (Å²) in [5.74, 6) is -0.909. The number of phenolic OH excluding ortho intramolecular Hbond substituents is 2. The van der Waals surface area contributed by atoms with Gasteiger partial charge in [-0.3, -0.25) is 4.79 Å². The average Bonchev–Trinajstić information content (AvgIpc) is 2.78. The molecule has 0 fully saturated rings. The number of aliphatic hydroxyl groups excluding tert-OH is 2. The van der Waals surface area contributed by atoms with Crippen molar-refractivity contribution in [1.29, 1.82) is 0 Å². The SMILES string of the molecule is CO[C@H]1C=C/C=C/C=C/C[C@H](O)[C@H](C)[C@@H](O)/C(C)=C\CCc2cc(O)cc(c2O)NC(=O)C1. The lowest BCUT2D eigenvalue weighted by atomic mass is 9.90. The first kappa shape index (κ1) is 26.4. The monoisotopic (exact) mass is 457 g/mol. The number of fused-ring (bicyclic) bond motifs is 2. The van der Waals surface area contributed by atoms with Crippen LogP contribution in [0.5, 0.6) is 11.5 Å². The van der Waals surface area contributed by atoms with Crippen LogP contribution in [0.25, 0.3) is 0 Å². The first-order valence-electron chi connectivity index (χ1n) is 11.1. The highest BCUT2D eigenvalue weighted by molar-refractivity contribution is 5.93. The number of amides is 1. The van der Waals surface area contributed by atoms with Crippen molar-refractivity contribution in [3.05, 3.63) is 65.8 Å². The predicted molar refractivity (Wildman–Crippen MR) is 129 cm³/mol. The highest BCUT2D eigenvalue weighted by Gasteiger charge is 2.23. The first-order chi connectivity index (χ1) is 15.7. The largest absolute Gasteiger partial charge is 0.508 e. The molecule has 0 unspecified atom stereocenters. The van der Waals surface area contributed by atoms with Crippen molar-refractivity contribution in [3.63, 3.8) is 0 Å². The molecule has 33 heavy (non-hydrogen) atoms. The fraction of sp³-hybridized carbons (Fsp3) is 0.423. The van der Waals surface area contributed by atoms with E-state index in [-0.39, 0.29) is 35.4 Å². The molecule has 2 bridgehead atoms. The number of rotatable bonds is 1. The van der Waals surface area contributed by atoms with Crippen LogP contribution >= 0.6 is 0 Å². The van der Waals surface area contributed by atoms with Gasteiger partial charge in [0.2, 0.25) is 5.91 Å². The molecule has 0 aliphatic carbocycles. The summed E-state index contributed by atoms with van der Waals surface area (Å²) in [5.41, 5.74) is 1.32. The average molecular weight is 458 g/mol. The number of hydrogen-bond donors (Lipinski definition) is 5. The number of carbonyl (C=O) groups excluding carboxylic acids is 1. The summed E-state index contributed by atoms with van der Waals surface area (Å²) in [7, 11) is 1.50. The quantitative estimate of drug-likeness (QED) is 0.249. The first-order valence-corrected chi connectivity index (χ1v) is 11.1. The Morgan fingerprint density at radius 2 is 1.82 bits per heavy atom. The fourth-order valence-electron chi connectivity index (χ4n) is 3.61. The Morgan fingerprint density at radius 1 is 1.09 bits per heavy atom. The maximum absolute atomic E-state index is 12.5. The fourth-order valence-corrected chi connectivity index (χ4v) is 3.61. The third-order valence-corrected chi connectivity index (χ3v) is 5.76. The van der Waals surface area contributed by atoms with Crippen LogP contribution in [0.15, 0.2) is 60.2 Å². The zero-order valence-corrected chi connectivity index (χ0v) is 19.4. The van der Waals surface area contributed by atoms with Crippen molar-refractivity contribution >= 4 is 11.6 Å². The molecule has 0 saturated heterocycles. The second-order valence-electron chi connectivity index (χ2n) is 8.32. The smallest absolute Gasteiger partial charge is 0.227 e. The van der Waals surface area contributed by atoms with Crippen LogP contribution in [-0.2, 0) is 16.0 Å². The topological polar surface area (TPSA) is 119 Å². The third kappa shape index (κ3) is 8.20. The number of allylic oxidation sites excluding steroid dienone is 5. The highest BCUT2D eigenvalue weighted by Crippen LogP contribution is 2.33. The number of nitrogens with one attached hydrogen (secondary N) is 1. The van der Waals surface area contributed by atoms with E-state index < -0.39 is 18.3 Å². The molecule has 1 aliphatic rings. The van der Waals surface area contributed by atoms with Crippen LogP contribution in [0.3, 0.4) is 0 Å². The van der Waals surface area contributed by atoms with Crippen LogP contribution in [0.1, 0.15) is 38.7 Å². The Hall–Kier alpha value is -2.87. The van der Waals surface area contributed by atoms with Crippen LogP contribution in [0.4, 0.5) is 5.69 Å². The van der Waals surface area contributed by atoms with E-state index in [2.05, 4.69) is 5.32 Å². The van der Waals surface area contributed by atoms with E-state index in [4.69, 9.17) is 4.74 Å². The molecular weight excluding hydrogens is 422 g/mol. The summed E-state index contributed by atoms with van der Waals surface area (Å²) in [6.07, 6.45) is 11.9. The molecule has 7 nitrogen and oxygen atoms in total. The van der Waals surface area contributed by atoms with Gasteiger partial charge in [0.05, 0.1) is 30.4 Å². The van der Waals surface area contributed by atoms with Crippen LogP contribution in [0.2, 0.25) is 0 Å². The van der Waals surface area contributed by atoms with Gasteiger partial charge in [0.15, 0.2) is 0 Å². The predicted octanol–water partition coefficient (Wildman–Crippen LogP) is 3.75. The Morgan fingerprint density at radius 3 is 2.55 bits per heavy atom. The van der Waals surface area contributed by atoms with E-state index in [1.54, 1.807) is 38.2 Å². The molecule has 0 radical (unpaired) electrons. The second-order valence-corrected chi connectivity index (χ2v) is 8.32. The second kappa shape index (κ2) is 13.0. The molecule has 1 aliphatic heterocycles. The summed E-state index contributed by atoms with van der Waals surface area (Å²) >= 11 is 0. The molecule has 0 spiro atoms. The van der Waals surface area contributed by atoms with Gasteiger partial charge in [-0.2, -0.15) is 0 Å². The molecule has 2 rings (SSSR count). The Balaban J connectivity index is 2.32. The molecule has 0 aromatic heterocycles. The number of aryl methyl sites for hydroxylation is 1. The molecule has 0 saturated carbocycles. The highest BCUT2D eigenvalue weighted by atomic mass is 16.5.